The van der Waals surface area contributed by atoms with Crippen LogP contribution < -0.4 is 11.1 Å². The molecule has 1 aliphatic heterocycles. The summed E-state index contributed by atoms with van der Waals surface area (Å²) in [6.45, 7) is 5.80. The summed E-state index contributed by atoms with van der Waals surface area (Å²) >= 11 is 3.42. The van der Waals surface area contributed by atoms with Crippen LogP contribution in [0.25, 0.3) is 11.0 Å². The average molecular weight is 436 g/mol. The number of amides is 2. The SMILES string of the molecule is CC(C)(C)OC(=O)N1CC=CC1C(=O)Nc1c(CN)oc2ccc(Br)cc12. The van der Waals surface area contributed by atoms with Crippen molar-refractivity contribution in [2.45, 2.75) is 39.0 Å². The highest BCUT2D eigenvalue weighted by Crippen LogP contribution is 2.33. The van der Waals surface area contributed by atoms with Crippen molar-refractivity contribution in [1.82, 2.24) is 4.90 Å². The summed E-state index contributed by atoms with van der Waals surface area (Å²) in [6, 6.07) is 4.74. The van der Waals surface area contributed by atoms with Crippen LogP contribution in [0.15, 0.2) is 39.2 Å². The van der Waals surface area contributed by atoms with Crippen LogP contribution in [0.5, 0.6) is 0 Å². The first kappa shape index (κ1) is 19.4. The molecule has 3 N–H and O–H groups in total. The number of carbonyl (C=O) groups is 2. The van der Waals surface area contributed by atoms with E-state index in [1.165, 1.54) is 4.90 Å². The van der Waals surface area contributed by atoms with Crippen molar-refractivity contribution >= 4 is 44.6 Å². The third-order valence-corrected chi connectivity index (χ3v) is 4.50. The Morgan fingerprint density at radius 2 is 2.15 bits per heavy atom. The van der Waals surface area contributed by atoms with Crippen LogP contribution in [0, 0.1) is 0 Å². The van der Waals surface area contributed by atoms with Crippen LogP contribution in [0.1, 0.15) is 26.5 Å². The molecule has 0 saturated carbocycles. The van der Waals surface area contributed by atoms with Gasteiger partial charge in [-0.2, -0.15) is 0 Å². The second kappa shape index (κ2) is 7.36. The minimum Gasteiger partial charge on any atom is -0.457 e. The van der Waals surface area contributed by atoms with E-state index < -0.39 is 17.7 Å². The van der Waals surface area contributed by atoms with Gasteiger partial charge in [-0.05, 0) is 39.0 Å². The van der Waals surface area contributed by atoms with Gasteiger partial charge in [0.15, 0.2) is 0 Å². The van der Waals surface area contributed by atoms with E-state index in [1.54, 1.807) is 39.0 Å². The van der Waals surface area contributed by atoms with Crippen molar-refractivity contribution in [2.75, 3.05) is 11.9 Å². The van der Waals surface area contributed by atoms with Gasteiger partial charge < -0.3 is 20.2 Å². The predicted molar refractivity (Wildman–Crippen MR) is 106 cm³/mol. The van der Waals surface area contributed by atoms with Gasteiger partial charge >= 0.3 is 6.09 Å². The van der Waals surface area contributed by atoms with Crippen molar-refractivity contribution in [3.8, 4) is 0 Å². The summed E-state index contributed by atoms with van der Waals surface area (Å²) in [7, 11) is 0. The van der Waals surface area contributed by atoms with Crippen LogP contribution in [-0.4, -0.2) is 35.1 Å². The van der Waals surface area contributed by atoms with Crippen molar-refractivity contribution in [3.05, 3.63) is 40.6 Å². The number of hydrogen-bond acceptors (Lipinski definition) is 5. The van der Waals surface area contributed by atoms with E-state index in [0.29, 0.717) is 23.6 Å². The molecule has 0 fully saturated rings. The molecule has 0 bridgehead atoms. The highest BCUT2D eigenvalue weighted by molar-refractivity contribution is 9.10. The van der Waals surface area contributed by atoms with Gasteiger partial charge in [0.25, 0.3) is 5.91 Å². The first-order valence-corrected chi connectivity index (χ1v) is 9.37. The summed E-state index contributed by atoms with van der Waals surface area (Å²) < 4.78 is 12.0. The molecule has 3 rings (SSSR count). The van der Waals surface area contributed by atoms with E-state index >= 15 is 0 Å². The molecular formula is C19H22BrN3O4. The molecule has 7 nitrogen and oxygen atoms in total. The maximum atomic E-state index is 12.9. The molecule has 2 aromatic rings. The van der Waals surface area contributed by atoms with Crippen molar-refractivity contribution < 1.29 is 18.7 Å². The number of benzene rings is 1. The maximum absolute atomic E-state index is 12.9. The molecule has 0 spiro atoms. The quantitative estimate of drug-likeness (QED) is 0.714. The van der Waals surface area contributed by atoms with Gasteiger partial charge in [-0.25, -0.2) is 4.79 Å². The zero-order chi connectivity index (χ0) is 19.8. The summed E-state index contributed by atoms with van der Waals surface area (Å²) in [5.41, 5.74) is 6.27. The zero-order valence-electron chi connectivity index (χ0n) is 15.4. The molecule has 27 heavy (non-hydrogen) atoms. The molecule has 0 radical (unpaired) electrons. The fourth-order valence-corrected chi connectivity index (χ4v) is 3.22. The number of anilines is 1. The Hall–Kier alpha value is -2.32. The molecule has 1 unspecified atom stereocenters. The van der Waals surface area contributed by atoms with Crippen LogP contribution in [0.2, 0.25) is 0 Å². The van der Waals surface area contributed by atoms with E-state index in [9.17, 15) is 9.59 Å². The predicted octanol–water partition coefficient (Wildman–Crippen LogP) is 3.77. The lowest BCUT2D eigenvalue weighted by molar-refractivity contribution is -0.119. The van der Waals surface area contributed by atoms with Gasteiger partial charge in [-0.1, -0.05) is 28.1 Å². The maximum Gasteiger partial charge on any atom is 0.411 e. The molecule has 1 aliphatic rings. The summed E-state index contributed by atoms with van der Waals surface area (Å²) in [6.07, 6.45) is 2.91. The molecular weight excluding hydrogens is 414 g/mol. The molecule has 2 heterocycles. The number of fused-ring (bicyclic) bond motifs is 1. The minimum absolute atomic E-state index is 0.137. The van der Waals surface area contributed by atoms with E-state index in [4.69, 9.17) is 14.9 Å². The number of nitrogens with two attached hydrogens (primary N) is 1. The second-order valence-corrected chi connectivity index (χ2v) is 8.16. The number of nitrogens with one attached hydrogen (secondary N) is 1. The molecule has 2 amide bonds. The molecule has 1 aromatic carbocycles. The number of hydrogen-bond donors (Lipinski definition) is 2. The Labute approximate surface area is 165 Å². The Morgan fingerprint density at radius 3 is 2.81 bits per heavy atom. The van der Waals surface area contributed by atoms with Crippen LogP contribution >= 0.6 is 15.9 Å². The van der Waals surface area contributed by atoms with Gasteiger partial charge in [0.1, 0.15) is 23.0 Å². The van der Waals surface area contributed by atoms with E-state index in [0.717, 1.165) is 9.86 Å². The van der Waals surface area contributed by atoms with Gasteiger partial charge in [-0.3, -0.25) is 9.69 Å². The number of nitrogens with zero attached hydrogens (tertiary/aromatic N) is 1. The number of furan rings is 1. The lowest BCUT2D eigenvalue weighted by Gasteiger charge is -2.28. The van der Waals surface area contributed by atoms with Gasteiger partial charge in [-0.15, -0.1) is 0 Å². The van der Waals surface area contributed by atoms with Crippen molar-refractivity contribution in [2.24, 2.45) is 5.73 Å². The van der Waals surface area contributed by atoms with E-state index in [2.05, 4.69) is 21.2 Å². The number of carbonyl (C=O) groups excluding carboxylic acids is 2. The average Bonchev–Trinajstić information content (AvgIpc) is 3.18. The first-order valence-electron chi connectivity index (χ1n) is 8.58. The van der Waals surface area contributed by atoms with Gasteiger partial charge in [0.05, 0.1) is 12.2 Å². The Kier molecular flexibility index (Phi) is 5.30. The lowest BCUT2D eigenvalue weighted by atomic mass is 10.2. The van der Waals surface area contributed by atoms with Gasteiger partial charge in [0.2, 0.25) is 0 Å². The zero-order valence-corrected chi connectivity index (χ0v) is 17.0. The number of halogens is 1. The Bertz CT molecular complexity index is 914. The molecule has 144 valence electrons. The monoisotopic (exact) mass is 435 g/mol. The summed E-state index contributed by atoms with van der Waals surface area (Å²) in [5, 5.41) is 3.61. The topological polar surface area (TPSA) is 97.8 Å². The summed E-state index contributed by atoms with van der Waals surface area (Å²) in [5.74, 6) is 0.120. The van der Waals surface area contributed by atoms with Crippen LogP contribution in [-0.2, 0) is 16.1 Å². The smallest absolute Gasteiger partial charge is 0.411 e. The molecule has 0 saturated heterocycles. The third kappa shape index (κ3) is 4.17. The van der Waals surface area contributed by atoms with E-state index in [-0.39, 0.29) is 12.5 Å². The van der Waals surface area contributed by atoms with Crippen LogP contribution in [0.3, 0.4) is 0 Å². The largest absolute Gasteiger partial charge is 0.457 e. The number of ether oxygens (including phenoxy) is 1. The standard InChI is InChI=1S/C19H22BrN3O4/c1-19(2,3)27-18(25)23-8-4-5-13(23)17(24)22-16-12-9-11(20)6-7-14(12)26-15(16)10-21/h4-7,9,13H,8,10,21H2,1-3H3,(H,22,24). The molecule has 0 aliphatic carbocycles. The highest BCUT2D eigenvalue weighted by Gasteiger charge is 2.34. The van der Waals surface area contributed by atoms with Gasteiger partial charge in [0, 0.05) is 16.4 Å². The Balaban J connectivity index is 1.84. The molecule has 1 atom stereocenters. The first-order chi connectivity index (χ1) is 12.7. The number of rotatable bonds is 3. The second-order valence-electron chi connectivity index (χ2n) is 7.24. The van der Waals surface area contributed by atoms with Crippen molar-refractivity contribution in [3.63, 3.8) is 0 Å². The Morgan fingerprint density at radius 1 is 1.41 bits per heavy atom. The molecule has 8 heteroatoms. The fourth-order valence-electron chi connectivity index (χ4n) is 2.86. The minimum atomic E-state index is -0.762. The lowest BCUT2D eigenvalue weighted by Crippen LogP contribution is -2.45. The van der Waals surface area contributed by atoms with E-state index in [1.807, 2.05) is 12.1 Å². The van der Waals surface area contributed by atoms with Crippen LogP contribution in [0.4, 0.5) is 10.5 Å². The summed E-state index contributed by atoms with van der Waals surface area (Å²) in [4.78, 5) is 26.7. The molecule has 1 aromatic heterocycles. The fraction of sp³-hybridized carbons (Fsp3) is 0.368. The highest BCUT2D eigenvalue weighted by atomic mass is 79.9. The third-order valence-electron chi connectivity index (χ3n) is 4.01. The van der Waals surface area contributed by atoms with Crippen molar-refractivity contribution in [1.29, 1.82) is 0 Å². The normalized spacial score (nSPS) is 16.8.